The Morgan fingerprint density at radius 1 is 1.32 bits per heavy atom. The van der Waals surface area contributed by atoms with Crippen molar-refractivity contribution in [3.05, 3.63) is 34.9 Å². The van der Waals surface area contributed by atoms with Crippen LogP contribution in [-0.4, -0.2) is 81.1 Å². The monoisotopic (exact) mass is 535 g/mol. The average molecular weight is 536 g/mol. The smallest absolute Gasteiger partial charge is 0.351 e. The number of carboxylic acid groups (broad SMARTS) is 1. The molecule has 0 spiro atoms. The van der Waals surface area contributed by atoms with Gasteiger partial charge in [0.25, 0.3) is 0 Å². The fourth-order valence-corrected chi connectivity index (χ4v) is 3.80. The summed E-state index contributed by atoms with van der Waals surface area (Å²) >= 11 is 0. The van der Waals surface area contributed by atoms with Gasteiger partial charge in [-0.15, -0.1) is 0 Å². The van der Waals surface area contributed by atoms with Crippen molar-refractivity contribution >= 4 is 29.6 Å². The van der Waals surface area contributed by atoms with Crippen LogP contribution in [0.1, 0.15) is 39.3 Å². The number of ether oxygens (including phenoxy) is 1. The zero-order chi connectivity index (χ0) is 28.6. The fraction of sp³-hybridized carbons (Fsp3) is 0.565. The molecule has 0 aromatic carbocycles. The van der Waals surface area contributed by atoms with E-state index < -0.39 is 53.9 Å². The van der Waals surface area contributed by atoms with E-state index in [9.17, 15) is 24.3 Å². The van der Waals surface area contributed by atoms with E-state index in [-0.39, 0.29) is 37.1 Å². The molecular formula is C23H37N9O6. The first kappa shape index (κ1) is 30.2. The number of nitrogens with zero attached hydrogens (tertiary/aromatic N) is 3. The van der Waals surface area contributed by atoms with Crippen molar-refractivity contribution in [1.29, 1.82) is 5.41 Å². The molecule has 5 atom stereocenters. The summed E-state index contributed by atoms with van der Waals surface area (Å²) in [4.78, 5) is 54.6. The Kier molecular flexibility index (Phi) is 10.8. The van der Waals surface area contributed by atoms with E-state index in [0.29, 0.717) is 6.42 Å². The van der Waals surface area contributed by atoms with Crippen LogP contribution in [0.25, 0.3) is 0 Å². The summed E-state index contributed by atoms with van der Waals surface area (Å²) in [7, 11) is 1.60. The van der Waals surface area contributed by atoms with Crippen molar-refractivity contribution in [1.82, 2.24) is 25.1 Å². The van der Waals surface area contributed by atoms with Gasteiger partial charge in [0.1, 0.15) is 5.82 Å². The lowest BCUT2D eigenvalue weighted by Crippen LogP contribution is -2.52. The number of hydrogen-bond donors (Lipinski definition) is 7. The second-order valence-electron chi connectivity index (χ2n) is 9.55. The number of hydrogen-bond acceptors (Lipinski definition) is 9. The summed E-state index contributed by atoms with van der Waals surface area (Å²) < 4.78 is 6.63. The number of nitrogen functional groups attached to an aromatic ring is 1. The number of nitrogens with two attached hydrogens (primary N) is 3. The third kappa shape index (κ3) is 8.85. The molecule has 0 aliphatic carbocycles. The van der Waals surface area contributed by atoms with Crippen LogP contribution in [0.5, 0.6) is 0 Å². The van der Waals surface area contributed by atoms with Crippen molar-refractivity contribution in [2.45, 2.75) is 63.6 Å². The van der Waals surface area contributed by atoms with Gasteiger partial charge in [-0.1, -0.05) is 19.9 Å². The lowest BCUT2D eigenvalue weighted by atomic mass is 10.0. The highest BCUT2D eigenvalue weighted by Gasteiger charge is 2.35. The fourth-order valence-electron chi connectivity index (χ4n) is 3.80. The second kappa shape index (κ2) is 13.5. The Morgan fingerprint density at radius 2 is 2.00 bits per heavy atom. The van der Waals surface area contributed by atoms with Crippen molar-refractivity contribution in [2.75, 3.05) is 19.3 Å². The largest absolute Gasteiger partial charge is 0.479 e. The van der Waals surface area contributed by atoms with E-state index in [2.05, 4.69) is 15.6 Å². The highest BCUT2D eigenvalue weighted by molar-refractivity contribution is 5.84. The minimum atomic E-state index is -1.50. The Bertz CT molecular complexity index is 1110. The predicted molar refractivity (Wildman–Crippen MR) is 139 cm³/mol. The molecule has 0 saturated heterocycles. The first-order chi connectivity index (χ1) is 17.8. The standard InChI is InChI=1S/C23H37N9O6/c1-12(2)10-14(24)20(34)28-13(6-8-31(3)22(26)27)11-17(33)29-15-4-5-18(38-19(15)21(35)36)32-9-7-16(25)30-23(32)37/h4-5,7,9,12-15,18-19H,6,8,10-11,24H2,1-3H3,(H3,26,27)(H,28,34)(H,29,33)(H,35,36)(H2,25,30,37)/t13-,14-,15-,18+,19-/m0/s1. The van der Waals surface area contributed by atoms with Crippen LogP contribution in [0.3, 0.4) is 0 Å². The van der Waals surface area contributed by atoms with Crippen LogP contribution < -0.4 is 33.5 Å². The molecule has 0 saturated carbocycles. The molecule has 0 fully saturated rings. The normalized spacial score (nSPS) is 20.4. The van der Waals surface area contributed by atoms with E-state index in [0.717, 1.165) is 4.57 Å². The van der Waals surface area contributed by atoms with E-state index >= 15 is 0 Å². The number of carboxylic acids is 1. The lowest BCUT2D eigenvalue weighted by molar-refractivity contribution is -0.159. The minimum absolute atomic E-state index is 0.00673. The van der Waals surface area contributed by atoms with Crippen LogP contribution in [0.2, 0.25) is 0 Å². The number of guanidine groups is 1. The first-order valence-corrected chi connectivity index (χ1v) is 12.1. The molecule has 15 heteroatoms. The Labute approximate surface area is 219 Å². The minimum Gasteiger partial charge on any atom is -0.479 e. The highest BCUT2D eigenvalue weighted by Crippen LogP contribution is 2.21. The lowest BCUT2D eigenvalue weighted by Gasteiger charge is -2.31. The Balaban J connectivity index is 2.13. The van der Waals surface area contributed by atoms with E-state index in [4.69, 9.17) is 27.3 Å². The maximum Gasteiger partial charge on any atom is 0.351 e. The number of amides is 2. The van der Waals surface area contributed by atoms with Gasteiger partial charge in [-0.3, -0.25) is 19.6 Å². The second-order valence-corrected chi connectivity index (χ2v) is 9.55. The van der Waals surface area contributed by atoms with Gasteiger partial charge in [-0.05, 0) is 30.9 Å². The summed E-state index contributed by atoms with van der Waals surface area (Å²) in [6.07, 6.45) is 2.14. The topological polar surface area (TPSA) is 245 Å². The zero-order valence-electron chi connectivity index (χ0n) is 21.7. The van der Waals surface area contributed by atoms with Crippen LogP contribution in [0.4, 0.5) is 5.82 Å². The van der Waals surface area contributed by atoms with E-state index in [1.165, 1.54) is 29.3 Å². The molecule has 0 unspecified atom stereocenters. The van der Waals surface area contributed by atoms with Gasteiger partial charge in [0.15, 0.2) is 18.3 Å². The molecule has 2 heterocycles. The molecule has 0 radical (unpaired) electrons. The van der Waals surface area contributed by atoms with Crippen LogP contribution in [0.15, 0.2) is 29.2 Å². The molecule has 10 N–H and O–H groups in total. The SMILES string of the molecule is CC(C)C[C@H](N)C(=O)N[C@@H](CCN(C)C(=N)N)CC(=O)N[C@H]1C=C[C@H](n2ccc(N)nc2=O)O[C@@H]1C(=O)O. The van der Waals surface area contributed by atoms with E-state index in [1.807, 2.05) is 13.8 Å². The number of rotatable bonds is 12. The summed E-state index contributed by atoms with van der Waals surface area (Å²) in [5.74, 6) is -2.30. The molecule has 15 nitrogen and oxygen atoms in total. The summed E-state index contributed by atoms with van der Waals surface area (Å²) in [6, 6.07) is -1.10. The number of carbonyl (C=O) groups is 3. The third-order valence-corrected chi connectivity index (χ3v) is 5.86. The van der Waals surface area contributed by atoms with Gasteiger partial charge in [0.05, 0.1) is 12.1 Å². The van der Waals surface area contributed by atoms with Gasteiger partial charge in [-0.25, -0.2) is 9.59 Å². The maximum absolute atomic E-state index is 12.9. The number of carbonyl (C=O) groups excluding carboxylic acids is 2. The van der Waals surface area contributed by atoms with Gasteiger partial charge in [0.2, 0.25) is 11.8 Å². The van der Waals surface area contributed by atoms with Gasteiger partial charge in [-0.2, -0.15) is 4.98 Å². The predicted octanol–water partition coefficient (Wildman–Crippen LogP) is -1.69. The first-order valence-electron chi connectivity index (χ1n) is 12.1. The number of aromatic nitrogens is 2. The molecule has 1 aliphatic heterocycles. The van der Waals surface area contributed by atoms with Crippen LogP contribution in [0, 0.1) is 11.3 Å². The molecule has 210 valence electrons. The van der Waals surface area contributed by atoms with Crippen molar-refractivity contribution < 1.29 is 24.2 Å². The van der Waals surface area contributed by atoms with Gasteiger partial charge in [0, 0.05) is 32.3 Å². The van der Waals surface area contributed by atoms with Crippen molar-refractivity contribution in [2.24, 2.45) is 17.4 Å². The molecule has 2 rings (SSSR count). The number of aliphatic carboxylic acids is 1. The molecular weight excluding hydrogens is 498 g/mol. The van der Waals surface area contributed by atoms with Crippen molar-refractivity contribution in [3.8, 4) is 0 Å². The molecule has 1 aromatic heterocycles. The molecule has 0 bridgehead atoms. The molecule has 1 aromatic rings. The zero-order valence-corrected chi connectivity index (χ0v) is 21.7. The molecule has 2 amide bonds. The van der Waals surface area contributed by atoms with Crippen molar-refractivity contribution in [3.63, 3.8) is 0 Å². The number of nitrogens with one attached hydrogen (secondary N) is 3. The summed E-state index contributed by atoms with van der Waals surface area (Å²) in [6.45, 7) is 4.15. The Hall–Kier alpha value is -3.98. The average Bonchev–Trinajstić information content (AvgIpc) is 2.81. The van der Waals surface area contributed by atoms with Gasteiger partial charge >= 0.3 is 11.7 Å². The summed E-state index contributed by atoms with van der Waals surface area (Å²) in [5.41, 5.74) is 16.2. The quantitative estimate of drug-likeness (QED) is 0.0904. The van der Waals surface area contributed by atoms with E-state index in [1.54, 1.807) is 7.05 Å². The number of anilines is 1. The summed E-state index contributed by atoms with van der Waals surface area (Å²) in [5, 5.41) is 22.6. The molecule has 1 aliphatic rings. The maximum atomic E-state index is 12.9. The van der Waals surface area contributed by atoms with Crippen LogP contribution >= 0.6 is 0 Å². The van der Waals surface area contributed by atoms with Crippen LogP contribution in [-0.2, 0) is 19.1 Å². The Morgan fingerprint density at radius 3 is 2.58 bits per heavy atom. The van der Waals surface area contributed by atoms with Gasteiger partial charge < -0.3 is 42.6 Å². The molecule has 38 heavy (non-hydrogen) atoms. The highest BCUT2D eigenvalue weighted by atomic mass is 16.5. The third-order valence-electron chi connectivity index (χ3n) is 5.86.